The van der Waals surface area contributed by atoms with E-state index in [4.69, 9.17) is 57.8 Å². The number of para-hydroxylation sites is 1. The molecule has 5 nitrogen and oxygen atoms in total. The van der Waals surface area contributed by atoms with Gasteiger partial charge in [-0.1, -0.05) is 41.8 Å². The van der Waals surface area contributed by atoms with Crippen LogP contribution >= 0.6 is 53.0 Å². The Morgan fingerprint density at radius 3 is 2.40 bits per heavy atom. The number of benzene rings is 1. The Morgan fingerprint density at radius 1 is 1.10 bits per heavy atom. The van der Waals surface area contributed by atoms with Crippen LogP contribution in [0.3, 0.4) is 0 Å². The van der Waals surface area contributed by atoms with E-state index in [2.05, 4.69) is 34.0 Å². The number of allylic oxidation sites excluding steroid dienone is 4. The van der Waals surface area contributed by atoms with Gasteiger partial charge in [0.15, 0.2) is 5.60 Å². The van der Waals surface area contributed by atoms with Crippen molar-refractivity contribution in [3.05, 3.63) is 72.5 Å². The van der Waals surface area contributed by atoms with E-state index < -0.39 is 14.7 Å². The standard InChI is InChI=1S/C18H16N4O.6ClH.Sb/c1-14-15(9-12-19-14)13-18(10-5-2-6-11-18)23-22-17-8-4-3-7-16(17)20-21-22;;;;;;;/h2-10,12H,1,11,13H2;6*1H;/q;;;;;;;+5/p-6. The molecule has 0 spiro atoms. The third kappa shape index (κ3) is 7.94. The molecule has 1 aromatic carbocycles. The summed E-state index contributed by atoms with van der Waals surface area (Å²) in [7, 11) is 25.0. The SMILES string of the molecule is C=C1N=CC=C1CC1(On2nnc3ccccc32)C=CC=CC1.[Cl][Sb-]([Cl])([Cl])([Cl])([Cl])[Cl]. The monoisotopic (exact) mass is 635 g/mol. The quantitative estimate of drug-likeness (QED) is 0.347. The van der Waals surface area contributed by atoms with Crippen LogP contribution in [0.5, 0.6) is 0 Å². The average molecular weight is 639 g/mol. The van der Waals surface area contributed by atoms with Gasteiger partial charge in [0.05, 0.1) is 5.70 Å². The Morgan fingerprint density at radius 2 is 1.80 bits per heavy atom. The Kier molecular flexibility index (Phi) is 6.62. The summed E-state index contributed by atoms with van der Waals surface area (Å²) in [6.45, 7) is 3.98. The van der Waals surface area contributed by atoms with E-state index in [-0.39, 0.29) is 0 Å². The van der Waals surface area contributed by atoms with Crippen molar-refractivity contribution in [2.75, 3.05) is 0 Å². The van der Waals surface area contributed by atoms with Crippen LogP contribution in [0.2, 0.25) is 0 Å². The van der Waals surface area contributed by atoms with Gasteiger partial charge in [0.25, 0.3) is 0 Å². The van der Waals surface area contributed by atoms with Crippen LogP contribution in [-0.2, 0) is 0 Å². The Bertz CT molecular complexity index is 1090. The first-order valence-electron chi connectivity index (χ1n) is 8.54. The molecule has 0 fully saturated rings. The third-order valence-corrected chi connectivity index (χ3v) is 4.07. The number of hydrogen-bond donors (Lipinski definition) is 0. The molecule has 0 bridgehead atoms. The second-order valence-corrected chi connectivity index (χ2v) is 63.5. The van der Waals surface area contributed by atoms with Crippen molar-refractivity contribution < 1.29 is 4.84 Å². The molecule has 1 aromatic heterocycles. The topological polar surface area (TPSA) is 52.3 Å². The maximum absolute atomic E-state index is 6.27. The van der Waals surface area contributed by atoms with Crippen LogP contribution < -0.4 is 4.84 Å². The predicted molar refractivity (Wildman–Crippen MR) is 131 cm³/mol. The first-order valence-corrected chi connectivity index (χ1v) is 27.9. The van der Waals surface area contributed by atoms with E-state index in [9.17, 15) is 0 Å². The molecule has 2 heterocycles. The van der Waals surface area contributed by atoms with Crippen LogP contribution in [0.15, 0.2) is 77.5 Å². The van der Waals surface area contributed by atoms with Gasteiger partial charge in [-0.05, 0) is 35.1 Å². The third-order valence-electron chi connectivity index (χ3n) is 4.07. The number of aliphatic imine (C=N–C) groups is 1. The molecule has 0 radical (unpaired) electrons. The molecule has 2 aliphatic rings. The summed E-state index contributed by atoms with van der Waals surface area (Å²) in [5.74, 6) is 0. The molecule has 12 heteroatoms. The maximum atomic E-state index is 6.27. The predicted octanol–water partition coefficient (Wildman–Crippen LogP) is 6.79. The number of fused-ring (bicyclic) bond motifs is 1. The molecule has 1 unspecified atom stereocenters. The van der Waals surface area contributed by atoms with Crippen LogP contribution in [-0.4, -0.2) is 36.1 Å². The minimum atomic E-state index is -5.42. The Hall–Kier alpha value is -0.392. The summed E-state index contributed by atoms with van der Waals surface area (Å²) in [4.78, 5) is 12.0. The van der Waals surface area contributed by atoms with Crippen molar-refractivity contribution in [3.8, 4) is 0 Å². The van der Waals surface area contributed by atoms with Gasteiger partial charge in [-0.3, -0.25) is 4.99 Å². The zero-order chi connectivity index (χ0) is 22.1. The molecule has 1 atom stereocenters. The van der Waals surface area contributed by atoms with Crippen molar-refractivity contribution in [1.29, 1.82) is 0 Å². The van der Waals surface area contributed by atoms with Gasteiger partial charge >= 0.3 is 62.1 Å². The summed E-state index contributed by atoms with van der Waals surface area (Å²) in [6.07, 6.45) is 13.4. The zero-order valence-corrected chi connectivity index (χ0v) is 22.4. The van der Waals surface area contributed by atoms with Crippen LogP contribution in [0.1, 0.15) is 12.8 Å². The van der Waals surface area contributed by atoms with E-state index in [0.29, 0.717) is 6.42 Å². The van der Waals surface area contributed by atoms with E-state index in [0.717, 1.165) is 28.7 Å². The van der Waals surface area contributed by atoms with E-state index >= 15 is 0 Å². The Balaban J connectivity index is 0.000000318. The van der Waals surface area contributed by atoms with Crippen LogP contribution in [0.4, 0.5) is 0 Å². The molecule has 30 heavy (non-hydrogen) atoms. The number of aromatic nitrogens is 3. The van der Waals surface area contributed by atoms with E-state index in [1.54, 1.807) is 6.21 Å². The molecule has 0 N–H and O–H groups in total. The van der Waals surface area contributed by atoms with Crippen molar-refractivity contribution in [3.63, 3.8) is 0 Å². The van der Waals surface area contributed by atoms with Crippen LogP contribution in [0.25, 0.3) is 11.0 Å². The molecule has 0 amide bonds. The summed E-state index contributed by atoms with van der Waals surface area (Å²) in [5.41, 5.74) is 3.01. The van der Waals surface area contributed by atoms with E-state index in [1.165, 1.54) is 4.85 Å². The molecular weight excluding hydrogens is 623 g/mol. The minimum absolute atomic E-state index is 0.520. The van der Waals surface area contributed by atoms with Crippen LogP contribution in [0, 0.1) is 0 Å². The van der Waals surface area contributed by atoms with Gasteiger partial charge in [0.2, 0.25) is 0 Å². The second-order valence-electron chi connectivity index (χ2n) is 6.65. The fourth-order valence-corrected chi connectivity index (χ4v) is 2.84. The second kappa shape index (κ2) is 8.19. The molecule has 1 aliphatic carbocycles. The zero-order valence-electron chi connectivity index (χ0n) is 15.3. The molecule has 1 aliphatic heterocycles. The first kappa shape index (κ1) is 24.3. The van der Waals surface area contributed by atoms with Gasteiger partial charge in [-0.25, -0.2) is 0 Å². The number of hydrogen-bond acceptors (Lipinski definition) is 4. The summed E-state index contributed by atoms with van der Waals surface area (Å²) >= 11 is 0. The van der Waals surface area contributed by atoms with Gasteiger partial charge in [0.1, 0.15) is 11.0 Å². The van der Waals surface area contributed by atoms with Crippen molar-refractivity contribution >= 4 is 79.4 Å². The molecule has 2 aromatic rings. The summed E-state index contributed by atoms with van der Waals surface area (Å²) in [5, 5.41) is 8.29. The summed E-state index contributed by atoms with van der Waals surface area (Å²) < 4.78 is 0. The first-order chi connectivity index (χ1) is 13.7. The van der Waals surface area contributed by atoms with Gasteiger partial charge < -0.3 is 4.84 Å². The fourth-order valence-electron chi connectivity index (χ4n) is 2.84. The van der Waals surface area contributed by atoms with Crippen molar-refractivity contribution in [2.45, 2.75) is 18.4 Å². The normalized spacial score (nSPS) is 22.9. The van der Waals surface area contributed by atoms with Gasteiger partial charge in [-0.15, -0.1) is 5.10 Å². The van der Waals surface area contributed by atoms with Crippen molar-refractivity contribution in [1.82, 2.24) is 15.2 Å². The van der Waals surface area contributed by atoms with E-state index in [1.807, 2.05) is 42.5 Å². The summed E-state index contributed by atoms with van der Waals surface area (Å²) in [6, 6.07) is 7.75. The average Bonchev–Trinajstić information content (AvgIpc) is 3.20. The Labute approximate surface area is 193 Å². The fraction of sp³-hybridized carbons (Fsp3) is 0.167. The van der Waals surface area contributed by atoms with Crippen molar-refractivity contribution in [2.24, 2.45) is 4.99 Å². The van der Waals surface area contributed by atoms with Gasteiger partial charge in [0, 0.05) is 19.1 Å². The molecule has 4 rings (SSSR count). The molecule has 0 saturated carbocycles. The molecular formula is C18H16Cl6N4OSb-. The number of halogens is 6. The van der Waals surface area contributed by atoms with Gasteiger partial charge in [-0.2, -0.15) is 0 Å². The molecule has 0 saturated heterocycles. The number of nitrogens with zero attached hydrogens (tertiary/aromatic N) is 4. The number of rotatable bonds is 4. The molecule has 162 valence electrons.